The standard InChI is InChI=1S/C8H14N4OS/c1-11-3-2-4-12-7(6-11)5-8(10-12)14(9)13/h5H,2-4,6,9H2,1H3. The quantitative estimate of drug-likeness (QED) is 0.698. The first kappa shape index (κ1) is 9.82. The zero-order chi connectivity index (χ0) is 10.1. The van der Waals surface area contributed by atoms with Crippen LogP contribution in [-0.2, 0) is 24.1 Å². The summed E-state index contributed by atoms with van der Waals surface area (Å²) in [5.74, 6) is 0. The summed E-state index contributed by atoms with van der Waals surface area (Å²) in [6.07, 6.45) is 1.07. The van der Waals surface area contributed by atoms with Gasteiger partial charge in [-0.15, -0.1) is 0 Å². The summed E-state index contributed by atoms with van der Waals surface area (Å²) in [5.41, 5.74) is 1.10. The summed E-state index contributed by atoms with van der Waals surface area (Å²) in [7, 11) is 0.610. The summed E-state index contributed by atoms with van der Waals surface area (Å²) in [4.78, 5) is 2.23. The zero-order valence-electron chi connectivity index (χ0n) is 8.14. The van der Waals surface area contributed by atoms with Gasteiger partial charge in [0.2, 0.25) is 0 Å². The van der Waals surface area contributed by atoms with Gasteiger partial charge in [-0.1, -0.05) is 0 Å². The highest BCUT2D eigenvalue weighted by Crippen LogP contribution is 2.13. The number of rotatable bonds is 1. The molecule has 0 aliphatic carbocycles. The van der Waals surface area contributed by atoms with Gasteiger partial charge < -0.3 is 4.90 Å². The summed E-state index contributed by atoms with van der Waals surface area (Å²) in [6, 6.07) is 1.83. The molecule has 2 N–H and O–H groups in total. The van der Waals surface area contributed by atoms with Crippen LogP contribution in [0.1, 0.15) is 12.1 Å². The Morgan fingerprint density at radius 1 is 1.57 bits per heavy atom. The van der Waals surface area contributed by atoms with E-state index >= 15 is 0 Å². The largest absolute Gasteiger partial charge is 0.300 e. The second-order valence-electron chi connectivity index (χ2n) is 3.59. The van der Waals surface area contributed by atoms with Crippen LogP contribution in [0.4, 0.5) is 0 Å². The first-order chi connectivity index (χ1) is 6.66. The number of nitrogens with two attached hydrogens (primary N) is 1. The molecule has 1 aromatic rings. The summed E-state index contributed by atoms with van der Waals surface area (Å²) in [6.45, 7) is 2.81. The number of fused-ring (bicyclic) bond motifs is 1. The molecule has 0 fully saturated rings. The number of aryl methyl sites for hydroxylation is 1. The van der Waals surface area contributed by atoms with Crippen molar-refractivity contribution in [2.45, 2.75) is 24.5 Å². The topological polar surface area (TPSA) is 64.2 Å². The van der Waals surface area contributed by atoms with E-state index in [4.69, 9.17) is 5.14 Å². The fraction of sp³-hybridized carbons (Fsp3) is 0.625. The predicted octanol–water partition coefficient (Wildman–Crippen LogP) is -0.300. The van der Waals surface area contributed by atoms with E-state index in [1.165, 1.54) is 0 Å². The van der Waals surface area contributed by atoms with Crippen molar-refractivity contribution in [3.63, 3.8) is 0 Å². The minimum atomic E-state index is -1.46. The van der Waals surface area contributed by atoms with Crippen LogP contribution in [-0.4, -0.2) is 32.5 Å². The SMILES string of the molecule is CN1CCCn2nc(S(N)=O)cc2C1. The molecule has 0 saturated heterocycles. The van der Waals surface area contributed by atoms with Crippen LogP contribution >= 0.6 is 0 Å². The van der Waals surface area contributed by atoms with Crippen LogP contribution < -0.4 is 5.14 Å². The highest BCUT2D eigenvalue weighted by atomic mass is 32.2. The Morgan fingerprint density at radius 2 is 2.36 bits per heavy atom. The molecule has 6 heteroatoms. The molecule has 2 rings (SSSR count). The maximum Gasteiger partial charge on any atom is 0.164 e. The summed E-state index contributed by atoms with van der Waals surface area (Å²) < 4.78 is 12.9. The molecule has 0 radical (unpaired) electrons. The van der Waals surface area contributed by atoms with Gasteiger partial charge in [-0.25, -0.2) is 9.35 Å². The lowest BCUT2D eigenvalue weighted by Crippen LogP contribution is -2.17. The first-order valence-electron chi connectivity index (χ1n) is 4.58. The number of nitrogens with zero attached hydrogens (tertiary/aromatic N) is 3. The van der Waals surface area contributed by atoms with Crippen molar-refractivity contribution in [3.8, 4) is 0 Å². The molecule has 5 nitrogen and oxygen atoms in total. The minimum absolute atomic E-state index is 0.482. The third-order valence-electron chi connectivity index (χ3n) is 2.39. The average molecular weight is 214 g/mol. The highest BCUT2D eigenvalue weighted by Gasteiger charge is 2.15. The molecule has 0 spiro atoms. The van der Waals surface area contributed by atoms with E-state index < -0.39 is 11.0 Å². The van der Waals surface area contributed by atoms with E-state index in [0.29, 0.717) is 5.03 Å². The monoisotopic (exact) mass is 214 g/mol. The summed E-state index contributed by atoms with van der Waals surface area (Å²) >= 11 is 0. The molecule has 14 heavy (non-hydrogen) atoms. The molecule has 0 amide bonds. The van der Waals surface area contributed by atoms with Crippen LogP contribution in [0.5, 0.6) is 0 Å². The van der Waals surface area contributed by atoms with Gasteiger partial charge in [-0.3, -0.25) is 4.68 Å². The zero-order valence-corrected chi connectivity index (χ0v) is 8.96. The summed E-state index contributed by atoms with van der Waals surface area (Å²) in [5, 5.41) is 9.97. The van der Waals surface area contributed by atoms with Gasteiger partial charge in [0.15, 0.2) is 5.03 Å². The van der Waals surface area contributed by atoms with E-state index in [1.54, 1.807) is 0 Å². The molecule has 1 atom stereocenters. The van der Waals surface area contributed by atoms with E-state index in [2.05, 4.69) is 17.0 Å². The lowest BCUT2D eigenvalue weighted by molar-refractivity contribution is 0.332. The van der Waals surface area contributed by atoms with Crippen molar-refractivity contribution < 1.29 is 4.21 Å². The van der Waals surface area contributed by atoms with Gasteiger partial charge in [0, 0.05) is 19.6 Å². The van der Waals surface area contributed by atoms with E-state index in [9.17, 15) is 4.21 Å². The molecule has 0 aromatic carbocycles. The first-order valence-corrected chi connectivity index (χ1v) is 5.79. The Balaban J connectivity index is 2.31. The Bertz CT molecular complexity index is 362. The Labute approximate surface area is 85.5 Å². The lowest BCUT2D eigenvalue weighted by atomic mass is 10.4. The maximum absolute atomic E-state index is 11.0. The predicted molar refractivity (Wildman–Crippen MR) is 53.8 cm³/mol. The lowest BCUT2D eigenvalue weighted by Gasteiger charge is -2.10. The Kier molecular flexibility index (Phi) is 2.66. The highest BCUT2D eigenvalue weighted by molar-refractivity contribution is 7.82. The normalized spacial score (nSPS) is 20.1. The van der Waals surface area contributed by atoms with Gasteiger partial charge in [-0.05, 0) is 19.5 Å². The van der Waals surface area contributed by atoms with Crippen molar-refractivity contribution in [2.75, 3.05) is 13.6 Å². The van der Waals surface area contributed by atoms with Gasteiger partial charge in [0.1, 0.15) is 11.0 Å². The van der Waals surface area contributed by atoms with E-state index in [-0.39, 0.29) is 0 Å². The fourth-order valence-electron chi connectivity index (χ4n) is 1.69. The van der Waals surface area contributed by atoms with Crippen LogP contribution in [0.2, 0.25) is 0 Å². The molecule has 2 heterocycles. The van der Waals surface area contributed by atoms with Crippen LogP contribution in [0.15, 0.2) is 11.1 Å². The smallest absolute Gasteiger partial charge is 0.164 e. The van der Waals surface area contributed by atoms with Crippen molar-refractivity contribution in [2.24, 2.45) is 5.14 Å². The van der Waals surface area contributed by atoms with Gasteiger partial charge in [0.25, 0.3) is 0 Å². The number of aromatic nitrogens is 2. The van der Waals surface area contributed by atoms with Crippen molar-refractivity contribution in [1.82, 2.24) is 14.7 Å². The van der Waals surface area contributed by atoms with Crippen LogP contribution in [0.25, 0.3) is 0 Å². The second-order valence-corrected chi connectivity index (χ2v) is 4.60. The van der Waals surface area contributed by atoms with Gasteiger partial charge in [-0.2, -0.15) is 5.10 Å². The Morgan fingerprint density at radius 3 is 3.07 bits per heavy atom. The van der Waals surface area contributed by atoms with E-state index in [1.807, 2.05) is 10.7 Å². The molecule has 78 valence electrons. The van der Waals surface area contributed by atoms with Crippen molar-refractivity contribution >= 4 is 11.0 Å². The maximum atomic E-state index is 11.0. The van der Waals surface area contributed by atoms with Gasteiger partial charge >= 0.3 is 0 Å². The van der Waals surface area contributed by atoms with Gasteiger partial charge in [0.05, 0.1) is 5.69 Å². The van der Waals surface area contributed by atoms with Crippen molar-refractivity contribution in [3.05, 3.63) is 11.8 Å². The fourth-order valence-corrected chi connectivity index (χ4v) is 2.13. The minimum Gasteiger partial charge on any atom is -0.300 e. The van der Waals surface area contributed by atoms with Crippen molar-refractivity contribution in [1.29, 1.82) is 0 Å². The second kappa shape index (κ2) is 3.80. The molecular formula is C8H14N4OS. The molecule has 1 unspecified atom stereocenters. The number of hydrogen-bond acceptors (Lipinski definition) is 3. The Hall–Kier alpha value is -0.720. The third kappa shape index (κ3) is 1.87. The van der Waals surface area contributed by atoms with E-state index in [0.717, 1.165) is 31.7 Å². The molecule has 1 aliphatic heterocycles. The molecule has 0 saturated carbocycles. The molecule has 1 aromatic heterocycles. The van der Waals surface area contributed by atoms with Crippen LogP contribution in [0, 0.1) is 0 Å². The third-order valence-corrected chi connectivity index (χ3v) is 3.00. The number of hydrogen-bond donors (Lipinski definition) is 1. The molecular weight excluding hydrogens is 200 g/mol. The van der Waals surface area contributed by atoms with Crippen LogP contribution in [0.3, 0.4) is 0 Å². The molecule has 0 bridgehead atoms. The molecule has 1 aliphatic rings. The average Bonchev–Trinajstić information content (AvgIpc) is 2.42.